The highest BCUT2D eigenvalue weighted by Gasteiger charge is 2.16. The maximum atomic E-state index is 12.6. The fraction of sp³-hybridized carbons (Fsp3) is 0.375. The summed E-state index contributed by atoms with van der Waals surface area (Å²) in [6.45, 7) is 5.09. The van der Waals surface area contributed by atoms with Gasteiger partial charge in [0.25, 0.3) is 5.91 Å². The van der Waals surface area contributed by atoms with E-state index in [1.807, 2.05) is 54.9 Å². The molecule has 0 spiro atoms. The van der Waals surface area contributed by atoms with Crippen LogP contribution in [0.3, 0.4) is 0 Å². The molecule has 0 bridgehead atoms. The molecular formula is C24H28N4O2. The summed E-state index contributed by atoms with van der Waals surface area (Å²) in [7, 11) is 0. The molecule has 30 heavy (non-hydrogen) atoms. The molecule has 1 aliphatic rings. The third-order valence-corrected chi connectivity index (χ3v) is 5.47. The lowest BCUT2D eigenvalue weighted by Crippen LogP contribution is -2.23. The number of benzene rings is 1. The van der Waals surface area contributed by atoms with E-state index in [0.29, 0.717) is 30.6 Å². The molecule has 1 amide bonds. The van der Waals surface area contributed by atoms with Gasteiger partial charge in [0.15, 0.2) is 0 Å². The first-order valence-corrected chi connectivity index (χ1v) is 10.6. The molecule has 2 heterocycles. The number of pyridine rings is 1. The van der Waals surface area contributed by atoms with Gasteiger partial charge in [-0.1, -0.05) is 18.2 Å². The zero-order valence-corrected chi connectivity index (χ0v) is 17.6. The Kier molecular flexibility index (Phi) is 6.12. The number of rotatable bonds is 7. The van der Waals surface area contributed by atoms with Gasteiger partial charge in [0.2, 0.25) is 5.88 Å². The molecule has 0 atom stereocenters. The van der Waals surface area contributed by atoms with Crippen molar-refractivity contribution in [3.63, 3.8) is 0 Å². The number of carbonyl (C=O) groups excluding carboxylic acids is 1. The van der Waals surface area contributed by atoms with Gasteiger partial charge in [-0.05, 0) is 68.9 Å². The van der Waals surface area contributed by atoms with Crippen molar-refractivity contribution in [1.82, 2.24) is 20.1 Å². The van der Waals surface area contributed by atoms with Crippen molar-refractivity contribution in [3.05, 3.63) is 76.7 Å². The van der Waals surface area contributed by atoms with Crippen LogP contribution in [0.4, 0.5) is 0 Å². The van der Waals surface area contributed by atoms with Gasteiger partial charge in [0, 0.05) is 30.1 Å². The van der Waals surface area contributed by atoms with Crippen LogP contribution in [0.5, 0.6) is 5.88 Å². The minimum atomic E-state index is -0.100. The second-order valence-corrected chi connectivity index (χ2v) is 8.00. The molecule has 1 saturated carbocycles. The quantitative estimate of drug-likeness (QED) is 0.641. The Morgan fingerprint density at radius 2 is 1.97 bits per heavy atom. The number of hydrogen-bond acceptors (Lipinski definition) is 4. The lowest BCUT2D eigenvalue weighted by Gasteiger charge is -2.12. The Labute approximate surface area is 177 Å². The largest absolute Gasteiger partial charge is 0.474 e. The Balaban J connectivity index is 1.33. The summed E-state index contributed by atoms with van der Waals surface area (Å²) < 4.78 is 7.84. The zero-order chi connectivity index (χ0) is 20.9. The van der Waals surface area contributed by atoms with Gasteiger partial charge in [0.1, 0.15) is 6.10 Å². The molecule has 1 fully saturated rings. The summed E-state index contributed by atoms with van der Waals surface area (Å²) in [5.74, 6) is 0.560. The molecule has 6 heteroatoms. The average molecular weight is 405 g/mol. The SMILES string of the molecule is Cc1cc(C)n(Cc2cccc(C(=O)NCc3ccc(OC4CCCC4)nc3)c2)n1. The monoisotopic (exact) mass is 404 g/mol. The predicted molar refractivity (Wildman–Crippen MR) is 116 cm³/mol. The Morgan fingerprint density at radius 1 is 1.13 bits per heavy atom. The van der Waals surface area contributed by atoms with Crippen LogP contribution in [0, 0.1) is 13.8 Å². The second-order valence-electron chi connectivity index (χ2n) is 8.00. The lowest BCUT2D eigenvalue weighted by molar-refractivity contribution is 0.0950. The van der Waals surface area contributed by atoms with Crippen LogP contribution in [-0.4, -0.2) is 26.8 Å². The van der Waals surface area contributed by atoms with Crippen molar-refractivity contribution in [2.45, 2.75) is 58.7 Å². The van der Waals surface area contributed by atoms with Gasteiger partial charge in [-0.2, -0.15) is 5.10 Å². The van der Waals surface area contributed by atoms with Gasteiger partial charge < -0.3 is 10.1 Å². The van der Waals surface area contributed by atoms with E-state index in [9.17, 15) is 4.79 Å². The third-order valence-electron chi connectivity index (χ3n) is 5.47. The Morgan fingerprint density at radius 3 is 2.67 bits per heavy atom. The molecule has 3 aromatic rings. The van der Waals surface area contributed by atoms with E-state index in [1.54, 1.807) is 6.20 Å². The summed E-state index contributed by atoms with van der Waals surface area (Å²) in [5, 5.41) is 7.47. The van der Waals surface area contributed by atoms with E-state index in [2.05, 4.69) is 21.5 Å². The Hall–Kier alpha value is -3.15. The fourth-order valence-corrected chi connectivity index (χ4v) is 3.87. The van der Waals surface area contributed by atoms with Gasteiger partial charge in [-0.25, -0.2) is 4.98 Å². The van der Waals surface area contributed by atoms with E-state index in [1.165, 1.54) is 12.8 Å². The number of aryl methyl sites for hydroxylation is 2. The molecule has 0 aliphatic heterocycles. The highest BCUT2D eigenvalue weighted by Crippen LogP contribution is 2.22. The lowest BCUT2D eigenvalue weighted by atomic mass is 10.1. The van der Waals surface area contributed by atoms with Crippen LogP contribution in [0.1, 0.15) is 58.6 Å². The number of aromatic nitrogens is 3. The van der Waals surface area contributed by atoms with E-state index >= 15 is 0 Å². The molecule has 1 aromatic carbocycles. The minimum absolute atomic E-state index is 0.100. The number of ether oxygens (including phenoxy) is 1. The molecule has 1 N–H and O–H groups in total. The average Bonchev–Trinajstić information content (AvgIpc) is 3.36. The zero-order valence-electron chi connectivity index (χ0n) is 17.6. The summed E-state index contributed by atoms with van der Waals surface area (Å²) >= 11 is 0. The van der Waals surface area contributed by atoms with E-state index in [-0.39, 0.29) is 5.91 Å². The van der Waals surface area contributed by atoms with Crippen molar-refractivity contribution >= 4 is 5.91 Å². The molecule has 0 unspecified atom stereocenters. The van der Waals surface area contributed by atoms with Crippen molar-refractivity contribution < 1.29 is 9.53 Å². The molecule has 156 valence electrons. The normalized spacial score (nSPS) is 14.1. The number of hydrogen-bond donors (Lipinski definition) is 1. The van der Waals surface area contributed by atoms with Crippen LogP contribution in [0.2, 0.25) is 0 Å². The van der Waals surface area contributed by atoms with Crippen LogP contribution < -0.4 is 10.1 Å². The maximum absolute atomic E-state index is 12.6. The van der Waals surface area contributed by atoms with Gasteiger partial charge in [0.05, 0.1) is 12.2 Å². The maximum Gasteiger partial charge on any atom is 0.251 e. The molecular weight excluding hydrogens is 376 g/mol. The van der Waals surface area contributed by atoms with E-state index in [0.717, 1.165) is 35.4 Å². The summed E-state index contributed by atoms with van der Waals surface area (Å²) in [5.41, 5.74) is 4.73. The van der Waals surface area contributed by atoms with Crippen molar-refractivity contribution in [3.8, 4) is 5.88 Å². The first kappa shape index (κ1) is 20.1. The number of carbonyl (C=O) groups is 1. The first-order chi connectivity index (χ1) is 14.6. The Bertz CT molecular complexity index is 1000. The molecule has 4 rings (SSSR count). The second kappa shape index (κ2) is 9.11. The molecule has 2 aromatic heterocycles. The van der Waals surface area contributed by atoms with Crippen molar-refractivity contribution in [2.24, 2.45) is 0 Å². The van der Waals surface area contributed by atoms with E-state index in [4.69, 9.17) is 4.74 Å². The minimum Gasteiger partial charge on any atom is -0.474 e. The van der Waals surface area contributed by atoms with Crippen molar-refractivity contribution in [2.75, 3.05) is 0 Å². The van der Waals surface area contributed by atoms with E-state index < -0.39 is 0 Å². The van der Waals surface area contributed by atoms with Gasteiger partial charge in [-0.15, -0.1) is 0 Å². The smallest absolute Gasteiger partial charge is 0.251 e. The molecule has 1 aliphatic carbocycles. The number of amides is 1. The van der Waals surface area contributed by atoms with Crippen LogP contribution in [0.15, 0.2) is 48.7 Å². The highest BCUT2D eigenvalue weighted by atomic mass is 16.5. The van der Waals surface area contributed by atoms with Crippen LogP contribution in [0.25, 0.3) is 0 Å². The molecule has 6 nitrogen and oxygen atoms in total. The summed E-state index contributed by atoms with van der Waals surface area (Å²) in [6, 6.07) is 13.6. The highest BCUT2D eigenvalue weighted by molar-refractivity contribution is 5.94. The fourth-order valence-electron chi connectivity index (χ4n) is 3.87. The first-order valence-electron chi connectivity index (χ1n) is 10.6. The summed E-state index contributed by atoms with van der Waals surface area (Å²) in [6.07, 6.45) is 6.75. The molecule has 0 radical (unpaired) electrons. The predicted octanol–water partition coefficient (Wildman–Crippen LogP) is 4.19. The number of nitrogens with one attached hydrogen (secondary N) is 1. The van der Waals surface area contributed by atoms with Gasteiger partial charge in [-0.3, -0.25) is 9.48 Å². The van der Waals surface area contributed by atoms with Crippen LogP contribution >= 0.6 is 0 Å². The third kappa shape index (κ3) is 5.06. The molecule has 0 saturated heterocycles. The standard InChI is InChI=1S/C24H28N4O2/c1-17-12-18(2)28(27-17)16-19-6-5-7-21(13-19)24(29)26-15-20-10-11-23(25-14-20)30-22-8-3-4-9-22/h5-7,10-14,22H,3-4,8-9,15-16H2,1-2H3,(H,26,29). The van der Waals surface area contributed by atoms with Crippen LogP contribution in [-0.2, 0) is 13.1 Å². The number of nitrogens with zero attached hydrogens (tertiary/aromatic N) is 3. The topological polar surface area (TPSA) is 69.0 Å². The van der Waals surface area contributed by atoms with Gasteiger partial charge >= 0.3 is 0 Å². The van der Waals surface area contributed by atoms with Crippen molar-refractivity contribution in [1.29, 1.82) is 0 Å². The summed E-state index contributed by atoms with van der Waals surface area (Å²) in [4.78, 5) is 17.0.